The summed E-state index contributed by atoms with van der Waals surface area (Å²) in [6.45, 7) is 5.00. The van der Waals surface area contributed by atoms with Crippen LogP contribution in [0.2, 0.25) is 0 Å². The molecule has 0 aliphatic rings. The molecule has 0 aromatic heterocycles. The Bertz CT molecular complexity index is 812. The van der Waals surface area contributed by atoms with E-state index >= 15 is 0 Å². The molecule has 136 valence electrons. The molecule has 0 amide bonds. The van der Waals surface area contributed by atoms with E-state index in [-0.39, 0.29) is 22.3 Å². The first-order valence-corrected chi connectivity index (χ1v) is 10.7. The quantitative estimate of drug-likeness (QED) is 0.707. The van der Waals surface area contributed by atoms with Crippen LogP contribution in [0.5, 0.6) is 0 Å². The van der Waals surface area contributed by atoms with E-state index in [0.717, 1.165) is 12.3 Å². The first kappa shape index (κ1) is 20.6. The topological polar surface area (TPSA) is 118 Å². The van der Waals surface area contributed by atoms with E-state index in [2.05, 4.69) is 4.72 Å². The van der Waals surface area contributed by atoms with E-state index in [1.54, 1.807) is 6.92 Å². The van der Waals surface area contributed by atoms with Crippen LogP contribution in [-0.4, -0.2) is 40.7 Å². The smallest absolute Gasteiger partial charge is 0.307 e. The summed E-state index contributed by atoms with van der Waals surface area (Å²) in [5, 5.41) is 9.18. The van der Waals surface area contributed by atoms with Gasteiger partial charge in [0.1, 0.15) is 0 Å². The molecular weight excluding hydrogens is 354 g/mol. The van der Waals surface area contributed by atoms with Crippen LogP contribution in [0.15, 0.2) is 28.0 Å². The maximum Gasteiger partial charge on any atom is 0.307 e. The molecule has 2 N–H and O–H groups in total. The SMILES string of the molecule is Cc1ccc(S(C)(=O)=O)cc1S(=O)(=O)NCC(CC(C)C)C(=O)O. The lowest BCUT2D eigenvalue weighted by atomic mass is 9.98. The van der Waals surface area contributed by atoms with Gasteiger partial charge in [-0.1, -0.05) is 19.9 Å². The largest absolute Gasteiger partial charge is 0.481 e. The molecule has 1 aromatic carbocycles. The summed E-state index contributed by atoms with van der Waals surface area (Å²) in [7, 11) is -7.57. The van der Waals surface area contributed by atoms with Gasteiger partial charge in [-0.05, 0) is 37.0 Å². The third-order valence-corrected chi connectivity index (χ3v) is 6.18. The Morgan fingerprint density at radius 3 is 2.25 bits per heavy atom. The summed E-state index contributed by atoms with van der Waals surface area (Å²) in [6.07, 6.45) is 1.32. The summed E-state index contributed by atoms with van der Waals surface area (Å²) in [5.41, 5.74) is 0.380. The van der Waals surface area contributed by atoms with Gasteiger partial charge in [0, 0.05) is 12.8 Å². The average molecular weight is 377 g/mol. The molecule has 0 bridgehead atoms. The van der Waals surface area contributed by atoms with Crippen molar-refractivity contribution in [1.82, 2.24) is 4.72 Å². The van der Waals surface area contributed by atoms with Gasteiger partial charge in [-0.2, -0.15) is 0 Å². The first-order chi connectivity index (χ1) is 10.8. The Labute approximate surface area is 143 Å². The van der Waals surface area contributed by atoms with E-state index in [1.807, 2.05) is 13.8 Å². The van der Waals surface area contributed by atoms with Crippen molar-refractivity contribution in [2.24, 2.45) is 11.8 Å². The van der Waals surface area contributed by atoms with Crippen molar-refractivity contribution in [2.45, 2.75) is 37.0 Å². The predicted molar refractivity (Wildman–Crippen MR) is 90.1 cm³/mol. The van der Waals surface area contributed by atoms with Crippen molar-refractivity contribution in [1.29, 1.82) is 0 Å². The van der Waals surface area contributed by atoms with Gasteiger partial charge in [-0.15, -0.1) is 0 Å². The predicted octanol–water partition coefficient (Wildman–Crippen LogP) is 1.42. The molecular formula is C15H23NO6S2. The van der Waals surface area contributed by atoms with Crippen molar-refractivity contribution in [3.63, 3.8) is 0 Å². The average Bonchev–Trinajstić information content (AvgIpc) is 2.41. The van der Waals surface area contributed by atoms with Crippen LogP contribution in [0.4, 0.5) is 0 Å². The van der Waals surface area contributed by atoms with Gasteiger partial charge in [0.2, 0.25) is 10.0 Å². The van der Waals surface area contributed by atoms with Crippen LogP contribution < -0.4 is 4.72 Å². The Balaban J connectivity index is 3.10. The zero-order valence-corrected chi connectivity index (χ0v) is 15.7. The summed E-state index contributed by atoms with van der Waals surface area (Å²) < 4.78 is 50.4. The molecule has 24 heavy (non-hydrogen) atoms. The molecule has 1 rings (SSSR count). The molecule has 1 atom stereocenters. The number of aliphatic carboxylic acids is 1. The molecule has 1 aromatic rings. The molecule has 0 heterocycles. The number of hydrogen-bond donors (Lipinski definition) is 2. The van der Waals surface area contributed by atoms with Crippen molar-refractivity contribution in [3.05, 3.63) is 23.8 Å². The highest BCUT2D eigenvalue weighted by Gasteiger charge is 2.24. The molecule has 0 radical (unpaired) electrons. The van der Waals surface area contributed by atoms with E-state index in [4.69, 9.17) is 0 Å². The van der Waals surface area contributed by atoms with Crippen LogP contribution in [0.25, 0.3) is 0 Å². The summed E-state index contributed by atoms with van der Waals surface area (Å²) in [5.74, 6) is -1.82. The normalized spacial score (nSPS) is 13.9. The fourth-order valence-electron chi connectivity index (χ4n) is 2.23. The number of rotatable bonds is 8. The van der Waals surface area contributed by atoms with Crippen LogP contribution in [0.3, 0.4) is 0 Å². The summed E-state index contributed by atoms with van der Waals surface area (Å²) in [6, 6.07) is 3.83. The monoisotopic (exact) mass is 377 g/mol. The van der Waals surface area contributed by atoms with Gasteiger partial charge in [-0.3, -0.25) is 4.79 Å². The lowest BCUT2D eigenvalue weighted by Gasteiger charge is -2.16. The molecule has 9 heteroatoms. The number of carboxylic acids is 1. The molecule has 0 spiro atoms. The maximum absolute atomic E-state index is 12.4. The summed E-state index contributed by atoms with van der Waals surface area (Å²) in [4.78, 5) is 11.0. The third kappa shape index (κ3) is 5.57. The maximum atomic E-state index is 12.4. The highest BCUT2D eigenvalue weighted by molar-refractivity contribution is 7.91. The van der Waals surface area contributed by atoms with E-state index < -0.39 is 31.7 Å². The van der Waals surface area contributed by atoms with Crippen LogP contribution >= 0.6 is 0 Å². The zero-order chi connectivity index (χ0) is 18.7. The van der Waals surface area contributed by atoms with Crippen LogP contribution in [0.1, 0.15) is 25.8 Å². The number of aryl methyl sites for hydroxylation is 1. The number of carboxylic acid groups (broad SMARTS) is 1. The van der Waals surface area contributed by atoms with E-state index in [9.17, 15) is 26.7 Å². The van der Waals surface area contributed by atoms with E-state index in [0.29, 0.717) is 12.0 Å². The second kappa shape index (κ2) is 7.62. The van der Waals surface area contributed by atoms with Gasteiger partial charge >= 0.3 is 5.97 Å². The minimum absolute atomic E-state index is 0.103. The van der Waals surface area contributed by atoms with Gasteiger partial charge < -0.3 is 5.11 Å². The minimum Gasteiger partial charge on any atom is -0.481 e. The molecule has 0 aliphatic heterocycles. The van der Waals surface area contributed by atoms with Crippen molar-refractivity contribution in [3.8, 4) is 0 Å². The second-order valence-corrected chi connectivity index (χ2v) is 9.97. The Morgan fingerprint density at radius 1 is 1.21 bits per heavy atom. The Morgan fingerprint density at radius 2 is 1.79 bits per heavy atom. The molecule has 0 saturated carbocycles. The lowest BCUT2D eigenvalue weighted by molar-refractivity contribution is -0.142. The highest BCUT2D eigenvalue weighted by atomic mass is 32.2. The fourth-order valence-corrected chi connectivity index (χ4v) is 4.30. The number of sulfonamides is 1. The lowest BCUT2D eigenvalue weighted by Crippen LogP contribution is -2.34. The first-order valence-electron chi connectivity index (χ1n) is 7.37. The molecule has 0 aliphatic carbocycles. The Kier molecular flexibility index (Phi) is 6.54. The highest BCUT2D eigenvalue weighted by Crippen LogP contribution is 2.20. The number of sulfone groups is 1. The van der Waals surface area contributed by atoms with Crippen molar-refractivity contribution in [2.75, 3.05) is 12.8 Å². The van der Waals surface area contributed by atoms with Crippen molar-refractivity contribution >= 4 is 25.8 Å². The number of hydrogen-bond acceptors (Lipinski definition) is 5. The van der Waals surface area contributed by atoms with Crippen LogP contribution in [0, 0.1) is 18.8 Å². The van der Waals surface area contributed by atoms with Crippen molar-refractivity contribution < 1.29 is 26.7 Å². The standard InChI is InChI=1S/C15H23NO6S2/c1-10(2)7-12(15(17)18)9-16-24(21,22)14-8-13(23(4,19)20)6-5-11(14)3/h5-6,8,10,12,16H,7,9H2,1-4H3,(H,17,18). The van der Waals surface area contributed by atoms with Gasteiger partial charge in [0.05, 0.1) is 15.7 Å². The summed E-state index contributed by atoms with van der Waals surface area (Å²) >= 11 is 0. The number of carbonyl (C=O) groups is 1. The third-order valence-electron chi connectivity index (χ3n) is 3.50. The minimum atomic E-state index is -4.02. The molecule has 0 saturated heterocycles. The van der Waals surface area contributed by atoms with Crippen LogP contribution in [-0.2, 0) is 24.7 Å². The molecule has 1 unspecified atom stereocenters. The number of nitrogens with one attached hydrogen (secondary N) is 1. The fraction of sp³-hybridized carbons (Fsp3) is 0.533. The van der Waals surface area contributed by atoms with Gasteiger partial charge in [0.15, 0.2) is 9.84 Å². The zero-order valence-electron chi connectivity index (χ0n) is 14.1. The van der Waals surface area contributed by atoms with E-state index in [1.165, 1.54) is 12.1 Å². The van der Waals surface area contributed by atoms with Gasteiger partial charge in [-0.25, -0.2) is 21.6 Å². The molecule has 7 nitrogen and oxygen atoms in total. The molecule has 0 fully saturated rings. The second-order valence-electron chi connectivity index (χ2n) is 6.22. The number of benzene rings is 1. The Hall–Kier alpha value is -1.45. The van der Waals surface area contributed by atoms with Gasteiger partial charge in [0.25, 0.3) is 0 Å².